The lowest BCUT2D eigenvalue weighted by Gasteiger charge is -2.19. The first-order chi connectivity index (χ1) is 8.86. The van der Waals surface area contributed by atoms with E-state index in [0.29, 0.717) is 0 Å². The van der Waals surface area contributed by atoms with Crippen LogP contribution in [-0.4, -0.2) is 26.7 Å². The molecule has 18 heavy (non-hydrogen) atoms. The molecule has 0 radical (unpaired) electrons. The van der Waals surface area contributed by atoms with E-state index in [-0.39, 0.29) is 0 Å². The maximum absolute atomic E-state index is 3.22. The summed E-state index contributed by atoms with van der Waals surface area (Å²) < 4.78 is 0. The number of nitrogens with one attached hydrogen (secondary N) is 1. The van der Waals surface area contributed by atoms with E-state index in [1.54, 1.807) is 5.56 Å². The van der Waals surface area contributed by atoms with Gasteiger partial charge in [-0.2, -0.15) is 0 Å². The molecule has 1 saturated carbocycles. The van der Waals surface area contributed by atoms with Crippen molar-refractivity contribution in [2.24, 2.45) is 5.92 Å². The summed E-state index contributed by atoms with van der Waals surface area (Å²) in [6.45, 7) is 3.65. The van der Waals surface area contributed by atoms with Crippen LogP contribution < -0.4 is 10.2 Å². The van der Waals surface area contributed by atoms with E-state index in [1.807, 2.05) is 7.05 Å². The molecule has 0 spiro atoms. The predicted molar refractivity (Wildman–Crippen MR) is 77.3 cm³/mol. The van der Waals surface area contributed by atoms with Crippen molar-refractivity contribution >= 4 is 5.69 Å². The Morgan fingerprint density at radius 3 is 3.00 bits per heavy atom. The van der Waals surface area contributed by atoms with E-state index >= 15 is 0 Å². The fourth-order valence-corrected chi connectivity index (χ4v) is 2.92. The Balaban J connectivity index is 1.67. The number of rotatable bonds is 6. The Morgan fingerprint density at radius 1 is 1.33 bits per heavy atom. The van der Waals surface area contributed by atoms with Gasteiger partial charge in [0.05, 0.1) is 0 Å². The molecule has 0 saturated heterocycles. The van der Waals surface area contributed by atoms with Crippen molar-refractivity contribution in [3.8, 4) is 0 Å². The molecule has 1 aromatic carbocycles. The highest BCUT2D eigenvalue weighted by atomic mass is 15.2. The van der Waals surface area contributed by atoms with Gasteiger partial charge in [0.2, 0.25) is 0 Å². The van der Waals surface area contributed by atoms with Crippen LogP contribution in [0.4, 0.5) is 5.69 Å². The van der Waals surface area contributed by atoms with Crippen LogP contribution in [0, 0.1) is 5.92 Å². The lowest BCUT2D eigenvalue weighted by Crippen LogP contribution is -2.23. The van der Waals surface area contributed by atoms with Crippen LogP contribution >= 0.6 is 0 Å². The minimum atomic E-state index is 0.990. The highest BCUT2D eigenvalue weighted by Gasteiger charge is 2.27. The number of aryl methyl sites for hydroxylation is 1. The van der Waals surface area contributed by atoms with E-state index in [2.05, 4.69) is 28.4 Å². The van der Waals surface area contributed by atoms with Gasteiger partial charge in [0.15, 0.2) is 0 Å². The molecule has 0 aromatic heterocycles. The van der Waals surface area contributed by atoms with Gasteiger partial charge >= 0.3 is 0 Å². The first-order valence-corrected chi connectivity index (χ1v) is 7.38. The zero-order valence-corrected chi connectivity index (χ0v) is 11.4. The molecule has 2 aliphatic rings. The quantitative estimate of drug-likeness (QED) is 0.774. The van der Waals surface area contributed by atoms with Gasteiger partial charge in [-0.3, -0.25) is 0 Å². The standard InChI is InChI=1S/C16H24N2/c1-17-9-2-3-13-6-7-15-8-10-18(16(15)11-13)12-14-4-5-14/h6-7,11,14,17H,2-5,8-10,12H2,1H3. The van der Waals surface area contributed by atoms with E-state index < -0.39 is 0 Å². The van der Waals surface area contributed by atoms with Gasteiger partial charge in [0, 0.05) is 18.8 Å². The van der Waals surface area contributed by atoms with Gasteiger partial charge in [-0.05, 0) is 68.8 Å². The van der Waals surface area contributed by atoms with Crippen molar-refractivity contribution in [2.75, 3.05) is 31.6 Å². The molecule has 3 rings (SSSR count). The number of benzene rings is 1. The molecule has 1 aliphatic heterocycles. The van der Waals surface area contributed by atoms with Crippen LogP contribution in [0.15, 0.2) is 18.2 Å². The molecule has 1 aliphatic carbocycles. The smallest absolute Gasteiger partial charge is 0.0402 e. The first kappa shape index (κ1) is 12.0. The van der Waals surface area contributed by atoms with Crippen LogP contribution in [0.25, 0.3) is 0 Å². The molecule has 0 atom stereocenters. The minimum Gasteiger partial charge on any atom is -0.371 e. The second-order valence-corrected chi connectivity index (χ2v) is 5.81. The van der Waals surface area contributed by atoms with Crippen molar-refractivity contribution in [1.82, 2.24) is 5.32 Å². The average Bonchev–Trinajstić information content (AvgIpc) is 3.11. The molecule has 0 bridgehead atoms. The third kappa shape index (κ3) is 2.69. The van der Waals surface area contributed by atoms with Crippen LogP contribution in [0.2, 0.25) is 0 Å². The molecule has 0 amide bonds. The SMILES string of the molecule is CNCCCc1ccc2c(c1)N(CC1CC1)CC2. The molecule has 2 nitrogen and oxygen atoms in total. The second-order valence-electron chi connectivity index (χ2n) is 5.81. The summed E-state index contributed by atoms with van der Waals surface area (Å²) in [5.74, 6) is 0.990. The fourth-order valence-electron chi connectivity index (χ4n) is 2.92. The molecule has 1 heterocycles. The van der Waals surface area contributed by atoms with Crippen molar-refractivity contribution < 1.29 is 0 Å². The lowest BCUT2D eigenvalue weighted by atomic mass is 10.1. The summed E-state index contributed by atoms with van der Waals surface area (Å²) >= 11 is 0. The Bertz CT molecular complexity index is 410. The van der Waals surface area contributed by atoms with Gasteiger partial charge in [0.1, 0.15) is 0 Å². The third-order valence-electron chi connectivity index (χ3n) is 4.21. The molecule has 0 unspecified atom stereocenters. The van der Waals surface area contributed by atoms with E-state index in [4.69, 9.17) is 0 Å². The molecule has 98 valence electrons. The predicted octanol–water partition coefficient (Wildman–Crippen LogP) is 2.61. The van der Waals surface area contributed by atoms with Gasteiger partial charge < -0.3 is 10.2 Å². The van der Waals surface area contributed by atoms with Crippen molar-refractivity contribution in [3.63, 3.8) is 0 Å². The minimum absolute atomic E-state index is 0.990. The summed E-state index contributed by atoms with van der Waals surface area (Å²) in [5.41, 5.74) is 4.60. The zero-order chi connectivity index (χ0) is 12.4. The van der Waals surface area contributed by atoms with Gasteiger partial charge in [0.25, 0.3) is 0 Å². The first-order valence-electron chi connectivity index (χ1n) is 7.38. The number of hydrogen-bond acceptors (Lipinski definition) is 2. The molecule has 1 N–H and O–H groups in total. The van der Waals surface area contributed by atoms with Crippen LogP contribution in [0.3, 0.4) is 0 Å². The Hall–Kier alpha value is -1.02. The number of anilines is 1. The van der Waals surface area contributed by atoms with Crippen molar-refractivity contribution in [2.45, 2.75) is 32.1 Å². The molecule has 1 fully saturated rings. The largest absolute Gasteiger partial charge is 0.371 e. The van der Waals surface area contributed by atoms with Crippen molar-refractivity contribution in [3.05, 3.63) is 29.3 Å². The van der Waals surface area contributed by atoms with Gasteiger partial charge in [-0.1, -0.05) is 12.1 Å². The van der Waals surface area contributed by atoms with Crippen molar-refractivity contribution in [1.29, 1.82) is 0 Å². The number of hydrogen-bond donors (Lipinski definition) is 1. The molecule has 2 heteroatoms. The topological polar surface area (TPSA) is 15.3 Å². The third-order valence-corrected chi connectivity index (χ3v) is 4.21. The Morgan fingerprint density at radius 2 is 2.22 bits per heavy atom. The van der Waals surface area contributed by atoms with Gasteiger partial charge in [-0.15, -0.1) is 0 Å². The van der Waals surface area contributed by atoms with Gasteiger partial charge in [-0.25, -0.2) is 0 Å². The summed E-state index contributed by atoms with van der Waals surface area (Å²) in [7, 11) is 2.03. The van der Waals surface area contributed by atoms with E-state index in [1.165, 1.54) is 56.4 Å². The molecule has 1 aromatic rings. The fraction of sp³-hybridized carbons (Fsp3) is 0.625. The normalized spacial score (nSPS) is 18.2. The highest BCUT2D eigenvalue weighted by molar-refractivity contribution is 5.59. The number of nitrogens with zero attached hydrogens (tertiary/aromatic N) is 1. The summed E-state index contributed by atoms with van der Waals surface area (Å²) in [6.07, 6.45) is 6.59. The number of fused-ring (bicyclic) bond motifs is 1. The monoisotopic (exact) mass is 244 g/mol. The van der Waals surface area contributed by atoms with Crippen LogP contribution in [-0.2, 0) is 12.8 Å². The van der Waals surface area contributed by atoms with E-state index in [0.717, 1.165) is 12.5 Å². The zero-order valence-electron chi connectivity index (χ0n) is 11.4. The Kier molecular flexibility index (Phi) is 3.55. The molecular weight excluding hydrogens is 220 g/mol. The summed E-state index contributed by atoms with van der Waals surface area (Å²) in [4.78, 5) is 2.62. The highest BCUT2D eigenvalue weighted by Crippen LogP contribution is 2.35. The maximum Gasteiger partial charge on any atom is 0.0402 e. The van der Waals surface area contributed by atoms with Crippen LogP contribution in [0.1, 0.15) is 30.4 Å². The molecular formula is C16H24N2. The van der Waals surface area contributed by atoms with E-state index in [9.17, 15) is 0 Å². The summed E-state index contributed by atoms with van der Waals surface area (Å²) in [5, 5.41) is 3.22. The summed E-state index contributed by atoms with van der Waals surface area (Å²) in [6, 6.07) is 7.13. The maximum atomic E-state index is 3.22. The average molecular weight is 244 g/mol. The lowest BCUT2D eigenvalue weighted by molar-refractivity contribution is 0.723. The second kappa shape index (κ2) is 5.31. The Labute approximate surface area is 110 Å². The van der Waals surface area contributed by atoms with Crippen LogP contribution in [0.5, 0.6) is 0 Å².